The van der Waals surface area contributed by atoms with Crippen molar-refractivity contribution in [3.8, 4) is 0 Å². The fraction of sp³-hybridized carbons (Fsp3) is 0.312. The van der Waals surface area contributed by atoms with Crippen molar-refractivity contribution < 1.29 is 0 Å². The summed E-state index contributed by atoms with van der Waals surface area (Å²) in [4.78, 5) is 6.80. The summed E-state index contributed by atoms with van der Waals surface area (Å²) in [5.74, 6) is 0. The first-order valence-corrected chi connectivity index (χ1v) is 6.57. The summed E-state index contributed by atoms with van der Waals surface area (Å²) in [7, 11) is 4.08. The topological polar surface area (TPSA) is 28.2 Å². The summed E-state index contributed by atoms with van der Waals surface area (Å²) in [6, 6.07) is 14.6. The second-order valence-electron chi connectivity index (χ2n) is 4.79. The van der Waals surface area contributed by atoms with Gasteiger partial charge in [0.25, 0.3) is 0 Å². The fourth-order valence-corrected chi connectivity index (χ4v) is 2.24. The number of nitrogens with one attached hydrogen (secondary N) is 1. The van der Waals surface area contributed by atoms with E-state index in [4.69, 9.17) is 0 Å². The van der Waals surface area contributed by atoms with Crippen molar-refractivity contribution in [2.45, 2.75) is 20.0 Å². The third kappa shape index (κ3) is 3.55. The first-order valence-electron chi connectivity index (χ1n) is 6.57. The van der Waals surface area contributed by atoms with Crippen molar-refractivity contribution in [1.29, 1.82) is 0 Å². The molecule has 0 amide bonds. The molecular weight excluding hydrogens is 234 g/mol. The molecular formula is C16H21N3. The number of hydrogen-bond donors (Lipinski definition) is 1. The van der Waals surface area contributed by atoms with E-state index in [9.17, 15) is 0 Å². The van der Waals surface area contributed by atoms with Crippen LogP contribution >= 0.6 is 0 Å². The van der Waals surface area contributed by atoms with Gasteiger partial charge < -0.3 is 10.2 Å². The second-order valence-corrected chi connectivity index (χ2v) is 4.79. The molecule has 1 aromatic carbocycles. The third-order valence-electron chi connectivity index (χ3n) is 3.12. The number of aryl methyl sites for hydroxylation is 1. The van der Waals surface area contributed by atoms with E-state index in [1.54, 1.807) is 0 Å². The monoisotopic (exact) mass is 255 g/mol. The van der Waals surface area contributed by atoms with E-state index in [1.807, 2.05) is 20.0 Å². The molecule has 19 heavy (non-hydrogen) atoms. The van der Waals surface area contributed by atoms with Gasteiger partial charge in [0, 0.05) is 25.0 Å². The smallest absolute Gasteiger partial charge is 0.0600 e. The summed E-state index contributed by atoms with van der Waals surface area (Å²) in [5.41, 5.74) is 4.72. The predicted molar refractivity (Wildman–Crippen MR) is 80.3 cm³/mol. The number of nitrogens with zero attached hydrogens (tertiary/aromatic N) is 2. The van der Waals surface area contributed by atoms with Crippen LogP contribution in [-0.4, -0.2) is 19.1 Å². The zero-order valence-electron chi connectivity index (χ0n) is 11.9. The number of benzene rings is 1. The van der Waals surface area contributed by atoms with E-state index >= 15 is 0 Å². The Kier molecular flexibility index (Phi) is 4.53. The standard InChI is InChI=1S/C16H21N3/c1-13-7-6-9-15(18-13)12-19(3)16-10-5-4-8-14(16)11-17-2/h4-10,17H,11-12H2,1-3H3. The Labute approximate surface area is 115 Å². The minimum Gasteiger partial charge on any atom is -0.368 e. The van der Waals surface area contributed by atoms with Crippen molar-refractivity contribution in [1.82, 2.24) is 10.3 Å². The highest BCUT2D eigenvalue weighted by Crippen LogP contribution is 2.20. The Hall–Kier alpha value is -1.87. The molecule has 0 aliphatic rings. The summed E-state index contributed by atoms with van der Waals surface area (Å²) >= 11 is 0. The van der Waals surface area contributed by atoms with Gasteiger partial charge in [0.2, 0.25) is 0 Å². The average Bonchev–Trinajstić information content (AvgIpc) is 2.39. The molecule has 3 nitrogen and oxygen atoms in total. The van der Waals surface area contributed by atoms with Gasteiger partial charge in [-0.25, -0.2) is 0 Å². The van der Waals surface area contributed by atoms with Crippen molar-refractivity contribution in [2.75, 3.05) is 19.0 Å². The number of rotatable bonds is 5. The summed E-state index contributed by atoms with van der Waals surface area (Å²) in [6.07, 6.45) is 0. The van der Waals surface area contributed by atoms with Crippen molar-refractivity contribution in [3.63, 3.8) is 0 Å². The van der Waals surface area contributed by atoms with Gasteiger partial charge in [0.15, 0.2) is 0 Å². The number of anilines is 1. The Morgan fingerprint density at radius 2 is 1.89 bits per heavy atom. The van der Waals surface area contributed by atoms with Crippen LogP contribution in [0.3, 0.4) is 0 Å². The zero-order chi connectivity index (χ0) is 13.7. The molecule has 0 saturated heterocycles. The molecule has 0 aliphatic heterocycles. The molecule has 0 unspecified atom stereocenters. The number of hydrogen-bond acceptors (Lipinski definition) is 3. The summed E-state index contributed by atoms with van der Waals surface area (Å²) < 4.78 is 0. The van der Waals surface area contributed by atoms with E-state index in [1.165, 1.54) is 11.3 Å². The fourth-order valence-electron chi connectivity index (χ4n) is 2.24. The van der Waals surface area contributed by atoms with E-state index in [0.29, 0.717) is 0 Å². The number of aromatic nitrogens is 1. The Morgan fingerprint density at radius 3 is 2.63 bits per heavy atom. The Bertz CT molecular complexity index is 537. The van der Waals surface area contributed by atoms with E-state index in [0.717, 1.165) is 24.5 Å². The van der Waals surface area contributed by atoms with Gasteiger partial charge in [0.05, 0.1) is 12.2 Å². The maximum absolute atomic E-state index is 4.56. The molecule has 3 heteroatoms. The van der Waals surface area contributed by atoms with E-state index in [-0.39, 0.29) is 0 Å². The van der Waals surface area contributed by atoms with Crippen LogP contribution in [0.25, 0.3) is 0 Å². The van der Waals surface area contributed by atoms with Gasteiger partial charge >= 0.3 is 0 Å². The van der Waals surface area contributed by atoms with Crippen LogP contribution in [0.15, 0.2) is 42.5 Å². The van der Waals surface area contributed by atoms with Crippen LogP contribution in [0, 0.1) is 6.92 Å². The van der Waals surface area contributed by atoms with Gasteiger partial charge in [-0.3, -0.25) is 4.98 Å². The number of para-hydroxylation sites is 1. The molecule has 0 spiro atoms. The van der Waals surface area contributed by atoms with Crippen molar-refractivity contribution in [2.24, 2.45) is 0 Å². The molecule has 0 aliphatic carbocycles. The molecule has 1 aromatic heterocycles. The van der Waals surface area contributed by atoms with Crippen LogP contribution in [-0.2, 0) is 13.1 Å². The Balaban J connectivity index is 2.17. The molecule has 1 heterocycles. The molecule has 0 fully saturated rings. The minimum atomic E-state index is 0.822. The van der Waals surface area contributed by atoms with E-state index < -0.39 is 0 Å². The van der Waals surface area contributed by atoms with Gasteiger partial charge in [-0.15, -0.1) is 0 Å². The second kappa shape index (κ2) is 6.34. The van der Waals surface area contributed by atoms with Crippen LogP contribution in [0.1, 0.15) is 17.0 Å². The minimum absolute atomic E-state index is 0.822. The SMILES string of the molecule is CNCc1ccccc1N(C)Cc1cccc(C)n1. The highest BCUT2D eigenvalue weighted by molar-refractivity contribution is 5.53. The molecule has 100 valence electrons. The lowest BCUT2D eigenvalue weighted by Gasteiger charge is -2.22. The van der Waals surface area contributed by atoms with Crippen molar-refractivity contribution in [3.05, 3.63) is 59.4 Å². The summed E-state index contributed by atoms with van der Waals surface area (Å²) in [5, 5.41) is 3.21. The average molecular weight is 255 g/mol. The molecule has 0 radical (unpaired) electrons. The lowest BCUT2D eigenvalue weighted by molar-refractivity contribution is 0.801. The number of pyridine rings is 1. The first kappa shape index (κ1) is 13.6. The van der Waals surface area contributed by atoms with Crippen LogP contribution < -0.4 is 10.2 Å². The normalized spacial score (nSPS) is 10.5. The maximum atomic E-state index is 4.56. The zero-order valence-corrected chi connectivity index (χ0v) is 11.9. The van der Waals surface area contributed by atoms with Crippen molar-refractivity contribution >= 4 is 5.69 Å². The molecule has 0 saturated carbocycles. The lowest BCUT2D eigenvalue weighted by Crippen LogP contribution is -2.20. The predicted octanol–water partition coefficient (Wildman–Crippen LogP) is 2.75. The summed E-state index contributed by atoms with van der Waals surface area (Å²) in [6.45, 7) is 3.72. The molecule has 2 aromatic rings. The third-order valence-corrected chi connectivity index (χ3v) is 3.12. The first-order chi connectivity index (χ1) is 9.20. The van der Waals surface area contributed by atoms with Crippen LogP contribution in [0.4, 0.5) is 5.69 Å². The van der Waals surface area contributed by atoms with Crippen LogP contribution in [0.5, 0.6) is 0 Å². The van der Waals surface area contributed by atoms with Gasteiger partial charge in [-0.1, -0.05) is 24.3 Å². The molecule has 1 N–H and O–H groups in total. The largest absolute Gasteiger partial charge is 0.368 e. The van der Waals surface area contributed by atoms with E-state index in [2.05, 4.69) is 58.6 Å². The highest BCUT2D eigenvalue weighted by atomic mass is 15.1. The quantitative estimate of drug-likeness (QED) is 0.890. The van der Waals surface area contributed by atoms with Gasteiger partial charge in [0.1, 0.15) is 0 Å². The van der Waals surface area contributed by atoms with Gasteiger partial charge in [-0.05, 0) is 37.7 Å². The molecule has 2 rings (SSSR count). The lowest BCUT2D eigenvalue weighted by atomic mass is 10.1. The molecule has 0 atom stereocenters. The molecule has 0 bridgehead atoms. The maximum Gasteiger partial charge on any atom is 0.0600 e. The van der Waals surface area contributed by atoms with Crippen LogP contribution in [0.2, 0.25) is 0 Å². The van der Waals surface area contributed by atoms with Gasteiger partial charge in [-0.2, -0.15) is 0 Å². The highest BCUT2D eigenvalue weighted by Gasteiger charge is 2.07. The Morgan fingerprint density at radius 1 is 1.11 bits per heavy atom.